The predicted octanol–water partition coefficient (Wildman–Crippen LogP) is 2.86. The average Bonchev–Trinajstić information content (AvgIpc) is 2.88. The van der Waals surface area contributed by atoms with Crippen molar-refractivity contribution < 1.29 is 9.53 Å². The van der Waals surface area contributed by atoms with Gasteiger partial charge in [-0.2, -0.15) is 16.9 Å². The van der Waals surface area contributed by atoms with Crippen molar-refractivity contribution in [3.63, 3.8) is 0 Å². The zero-order valence-electron chi connectivity index (χ0n) is 12.9. The van der Waals surface area contributed by atoms with Crippen LogP contribution in [0.25, 0.3) is 0 Å². The van der Waals surface area contributed by atoms with Crippen LogP contribution in [0.1, 0.15) is 48.8 Å². The molecule has 0 bridgehead atoms. The van der Waals surface area contributed by atoms with Gasteiger partial charge < -0.3 is 4.74 Å². The number of thioether (sulfide) groups is 1. The minimum absolute atomic E-state index is 0.0317. The zero-order valence-corrected chi connectivity index (χ0v) is 13.7. The molecule has 1 aromatic rings. The Bertz CT molecular complexity index is 515. The molecule has 116 valence electrons. The van der Waals surface area contributed by atoms with Gasteiger partial charge >= 0.3 is 0 Å². The van der Waals surface area contributed by atoms with E-state index in [4.69, 9.17) is 4.74 Å². The largest absolute Gasteiger partial charge is 0.375 e. The number of rotatable bonds is 3. The Kier molecular flexibility index (Phi) is 4.41. The Morgan fingerprint density at radius 2 is 2.29 bits per heavy atom. The number of ether oxygens (including phenoxy) is 1. The lowest BCUT2D eigenvalue weighted by molar-refractivity contribution is -0.0960. The van der Waals surface area contributed by atoms with Gasteiger partial charge in [-0.25, -0.2) is 0 Å². The number of aromatic nitrogens is 2. The first kappa shape index (κ1) is 15.1. The standard InChI is InChI=1S/C16H24N2O2S/c1-3-13-10-14(18(2)17-13)15(19)12-4-7-20-16(11-12)5-8-21-9-6-16/h10,12H,3-9,11H2,1-2H3. The van der Waals surface area contributed by atoms with Crippen molar-refractivity contribution in [1.29, 1.82) is 0 Å². The zero-order chi connectivity index (χ0) is 14.9. The van der Waals surface area contributed by atoms with E-state index in [1.807, 2.05) is 24.9 Å². The second-order valence-electron chi connectivity index (χ2n) is 6.20. The normalized spacial score (nSPS) is 25.1. The molecule has 1 aromatic heterocycles. The van der Waals surface area contributed by atoms with E-state index >= 15 is 0 Å². The molecule has 1 atom stereocenters. The van der Waals surface area contributed by atoms with Crippen molar-refractivity contribution in [1.82, 2.24) is 9.78 Å². The molecule has 21 heavy (non-hydrogen) atoms. The van der Waals surface area contributed by atoms with Crippen LogP contribution < -0.4 is 0 Å². The molecule has 0 aromatic carbocycles. The molecule has 2 aliphatic rings. The van der Waals surface area contributed by atoms with Gasteiger partial charge in [-0.15, -0.1) is 0 Å². The molecule has 5 heteroatoms. The van der Waals surface area contributed by atoms with Crippen LogP contribution in [0.5, 0.6) is 0 Å². The lowest BCUT2D eigenvalue weighted by Gasteiger charge is -2.42. The van der Waals surface area contributed by atoms with Crippen molar-refractivity contribution in [2.45, 2.75) is 44.6 Å². The molecule has 0 aliphatic carbocycles. The second kappa shape index (κ2) is 6.13. The summed E-state index contributed by atoms with van der Waals surface area (Å²) < 4.78 is 7.84. The summed E-state index contributed by atoms with van der Waals surface area (Å²) in [4.78, 5) is 12.9. The highest BCUT2D eigenvalue weighted by Crippen LogP contribution is 2.40. The molecule has 0 radical (unpaired) electrons. The van der Waals surface area contributed by atoms with Gasteiger partial charge in [0.15, 0.2) is 5.78 Å². The van der Waals surface area contributed by atoms with Crippen molar-refractivity contribution in [3.8, 4) is 0 Å². The minimum Gasteiger partial charge on any atom is -0.375 e. The lowest BCUT2D eigenvalue weighted by Crippen LogP contribution is -2.44. The fourth-order valence-corrected chi connectivity index (χ4v) is 4.72. The molecule has 1 spiro atoms. The Hall–Kier alpha value is -0.810. The average molecular weight is 308 g/mol. The molecular weight excluding hydrogens is 284 g/mol. The van der Waals surface area contributed by atoms with Gasteiger partial charge in [0.2, 0.25) is 0 Å². The Labute approximate surface area is 130 Å². The number of carbonyl (C=O) groups excluding carboxylic acids is 1. The number of ketones is 1. The van der Waals surface area contributed by atoms with Crippen LogP contribution in [0.2, 0.25) is 0 Å². The Balaban J connectivity index is 1.76. The third-order valence-corrected chi connectivity index (χ3v) is 5.80. The predicted molar refractivity (Wildman–Crippen MR) is 84.9 cm³/mol. The number of hydrogen-bond acceptors (Lipinski definition) is 4. The van der Waals surface area contributed by atoms with Crippen molar-refractivity contribution >= 4 is 17.5 Å². The smallest absolute Gasteiger partial charge is 0.184 e. The number of Topliss-reactive ketones (excluding diaryl/α,β-unsaturated/α-hetero) is 1. The van der Waals surface area contributed by atoms with Gasteiger partial charge in [0.05, 0.1) is 11.3 Å². The van der Waals surface area contributed by atoms with Gasteiger partial charge in [-0.3, -0.25) is 9.48 Å². The lowest BCUT2D eigenvalue weighted by atomic mass is 9.79. The second-order valence-corrected chi connectivity index (χ2v) is 7.42. The van der Waals surface area contributed by atoms with Crippen LogP contribution in [0.3, 0.4) is 0 Å². The van der Waals surface area contributed by atoms with Crippen LogP contribution in [0.4, 0.5) is 0 Å². The minimum atomic E-state index is -0.0317. The molecule has 2 saturated heterocycles. The molecule has 0 N–H and O–H groups in total. The summed E-state index contributed by atoms with van der Waals surface area (Å²) in [6.07, 6.45) is 4.79. The first-order valence-corrected chi connectivity index (χ1v) is 9.08. The summed E-state index contributed by atoms with van der Waals surface area (Å²) in [6.45, 7) is 2.79. The molecule has 2 aliphatic heterocycles. The maximum Gasteiger partial charge on any atom is 0.184 e. The molecule has 3 heterocycles. The summed E-state index contributed by atoms with van der Waals surface area (Å²) in [5.41, 5.74) is 1.73. The molecular formula is C16H24N2O2S. The van der Waals surface area contributed by atoms with Crippen LogP contribution in [-0.4, -0.2) is 39.3 Å². The van der Waals surface area contributed by atoms with Crippen molar-refractivity contribution in [2.24, 2.45) is 13.0 Å². The number of hydrogen-bond donors (Lipinski definition) is 0. The van der Waals surface area contributed by atoms with E-state index < -0.39 is 0 Å². The van der Waals surface area contributed by atoms with E-state index in [2.05, 4.69) is 12.0 Å². The van der Waals surface area contributed by atoms with Gasteiger partial charge in [0.25, 0.3) is 0 Å². The maximum absolute atomic E-state index is 12.9. The van der Waals surface area contributed by atoms with Crippen molar-refractivity contribution in [3.05, 3.63) is 17.5 Å². The first-order chi connectivity index (χ1) is 10.1. The van der Waals surface area contributed by atoms with E-state index in [9.17, 15) is 4.79 Å². The monoisotopic (exact) mass is 308 g/mol. The Morgan fingerprint density at radius 1 is 1.52 bits per heavy atom. The van der Waals surface area contributed by atoms with Gasteiger partial charge in [-0.05, 0) is 49.7 Å². The molecule has 4 nitrogen and oxygen atoms in total. The van der Waals surface area contributed by atoms with Crippen LogP contribution >= 0.6 is 11.8 Å². The first-order valence-electron chi connectivity index (χ1n) is 7.92. The van der Waals surface area contributed by atoms with Gasteiger partial charge in [0, 0.05) is 19.6 Å². The van der Waals surface area contributed by atoms with Crippen LogP contribution in [0, 0.1) is 5.92 Å². The number of aryl methyl sites for hydroxylation is 2. The summed E-state index contributed by atoms with van der Waals surface area (Å²) in [6, 6.07) is 1.96. The molecule has 1 unspecified atom stereocenters. The fraction of sp³-hybridized carbons (Fsp3) is 0.750. The molecule has 3 rings (SSSR count). The van der Waals surface area contributed by atoms with E-state index in [1.165, 1.54) is 0 Å². The summed E-state index contributed by atoms with van der Waals surface area (Å²) >= 11 is 2.00. The van der Waals surface area contributed by atoms with E-state index in [-0.39, 0.29) is 17.3 Å². The quantitative estimate of drug-likeness (QED) is 0.805. The summed E-state index contributed by atoms with van der Waals surface area (Å²) in [7, 11) is 1.87. The summed E-state index contributed by atoms with van der Waals surface area (Å²) in [5.74, 6) is 2.67. The van der Waals surface area contributed by atoms with Crippen molar-refractivity contribution in [2.75, 3.05) is 18.1 Å². The molecule has 0 saturated carbocycles. The maximum atomic E-state index is 12.9. The number of carbonyl (C=O) groups is 1. The van der Waals surface area contributed by atoms with E-state index in [0.29, 0.717) is 0 Å². The third kappa shape index (κ3) is 3.04. The SMILES string of the molecule is CCc1cc(C(=O)C2CCOC3(CCSCC3)C2)n(C)n1. The highest BCUT2D eigenvalue weighted by atomic mass is 32.2. The fourth-order valence-electron chi connectivity index (χ4n) is 3.48. The summed E-state index contributed by atoms with van der Waals surface area (Å²) in [5, 5.41) is 4.41. The van der Waals surface area contributed by atoms with Crippen LogP contribution in [-0.2, 0) is 18.2 Å². The van der Waals surface area contributed by atoms with E-state index in [0.717, 1.165) is 61.6 Å². The number of nitrogens with zero attached hydrogens (tertiary/aromatic N) is 2. The van der Waals surface area contributed by atoms with Gasteiger partial charge in [-0.1, -0.05) is 6.92 Å². The highest BCUT2D eigenvalue weighted by molar-refractivity contribution is 7.99. The van der Waals surface area contributed by atoms with Crippen LogP contribution in [0.15, 0.2) is 6.07 Å². The molecule has 0 amide bonds. The Morgan fingerprint density at radius 3 is 2.95 bits per heavy atom. The van der Waals surface area contributed by atoms with Gasteiger partial charge in [0.1, 0.15) is 5.69 Å². The molecule has 2 fully saturated rings. The third-order valence-electron chi connectivity index (χ3n) is 4.81. The van der Waals surface area contributed by atoms with E-state index in [1.54, 1.807) is 4.68 Å². The highest BCUT2D eigenvalue weighted by Gasteiger charge is 2.41. The topological polar surface area (TPSA) is 44.1 Å².